The number of nitro groups is 1. The van der Waals surface area contributed by atoms with Crippen LogP contribution in [0.4, 0.5) is 5.82 Å². The highest BCUT2D eigenvalue weighted by Crippen LogP contribution is 2.24. The SMILES string of the molecule is C=CS(=O)(=O)c1c([N+](=O)[O-])nc(C)n1C. The van der Waals surface area contributed by atoms with E-state index >= 15 is 0 Å². The van der Waals surface area contributed by atoms with Gasteiger partial charge in [-0.05, 0) is 9.91 Å². The molecule has 0 bridgehead atoms. The second kappa shape index (κ2) is 3.46. The molecule has 0 aliphatic heterocycles. The summed E-state index contributed by atoms with van der Waals surface area (Å²) >= 11 is 0. The molecule has 8 heteroatoms. The Kier molecular flexibility index (Phi) is 2.63. The summed E-state index contributed by atoms with van der Waals surface area (Å²) in [7, 11) is -2.47. The van der Waals surface area contributed by atoms with E-state index in [-0.39, 0.29) is 5.82 Å². The van der Waals surface area contributed by atoms with Crippen LogP contribution in [-0.2, 0) is 16.9 Å². The van der Waals surface area contributed by atoms with E-state index in [4.69, 9.17) is 0 Å². The van der Waals surface area contributed by atoms with Crippen molar-refractivity contribution in [3.05, 3.63) is 27.9 Å². The van der Waals surface area contributed by atoms with E-state index in [0.717, 1.165) is 4.57 Å². The number of hydrogen-bond acceptors (Lipinski definition) is 5. The molecule has 0 radical (unpaired) electrons. The smallest absolute Gasteiger partial charge is 0.358 e. The topological polar surface area (TPSA) is 95.1 Å². The van der Waals surface area contributed by atoms with Crippen molar-refractivity contribution < 1.29 is 13.3 Å². The third-order valence-corrected chi connectivity index (χ3v) is 3.35. The molecule has 1 heterocycles. The normalized spacial score (nSPS) is 11.3. The molecule has 0 atom stereocenters. The Morgan fingerprint density at radius 1 is 1.60 bits per heavy atom. The quantitative estimate of drug-likeness (QED) is 0.559. The van der Waals surface area contributed by atoms with E-state index in [0.29, 0.717) is 5.41 Å². The lowest BCUT2D eigenvalue weighted by Gasteiger charge is -1.99. The van der Waals surface area contributed by atoms with Crippen molar-refractivity contribution >= 4 is 15.7 Å². The average Bonchev–Trinajstić information content (AvgIpc) is 2.44. The lowest BCUT2D eigenvalue weighted by atomic mass is 10.7. The zero-order valence-corrected chi connectivity index (χ0v) is 8.98. The Morgan fingerprint density at radius 2 is 2.13 bits per heavy atom. The van der Waals surface area contributed by atoms with Crippen molar-refractivity contribution in [2.24, 2.45) is 7.05 Å². The van der Waals surface area contributed by atoms with Crippen LogP contribution < -0.4 is 0 Å². The van der Waals surface area contributed by atoms with Gasteiger partial charge in [-0.15, -0.1) is 0 Å². The predicted octanol–water partition coefficient (Wildman–Crippen LogP) is 0.554. The summed E-state index contributed by atoms with van der Waals surface area (Å²) in [5.41, 5.74) is 0. The molecule has 0 spiro atoms. The molecule has 0 N–H and O–H groups in total. The molecule has 1 aromatic heterocycles. The fourth-order valence-corrected chi connectivity index (χ4v) is 2.14. The van der Waals surface area contributed by atoms with Crippen molar-refractivity contribution in [2.75, 3.05) is 0 Å². The van der Waals surface area contributed by atoms with Crippen molar-refractivity contribution in [2.45, 2.75) is 11.9 Å². The number of rotatable bonds is 3. The fraction of sp³-hybridized carbons (Fsp3) is 0.286. The first-order valence-electron chi connectivity index (χ1n) is 3.86. The van der Waals surface area contributed by atoms with Crippen LogP contribution >= 0.6 is 0 Å². The zero-order valence-electron chi connectivity index (χ0n) is 8.17. The lowest BCUT2D eigenvalue weighted by Crippen LogP contribution is -2.06. The summed E-state index contributed by atoms with van der Waals surface area (Å²) in [5, 5.41) is 10.8. The van der Waals surface area contributed by atoms with Crippen LogP contribution in [0.5, 0.6) is 0 Å². The molecule has 82 valence electrons. The molecule has 0 fully saturated rings. The number of imidazole rings is 1. The monoisotopic (exact) mass is 231 g/mol. The van der Waals surface area contributed by atoms with Gasteiger partial charge < -0.3 is 10.1 Å². The molecular weight excluding hydrogens is 222 g/mol. The zero-order chi connectivity index (χ0) is 11.8. The Labute approximate surface area is 86.1 Å². The highest BCUT2D eigenvalue weighted by Gasteiger charge is 2.31. The second-order valence-electron chi connectivity index (χ2n) is 2.82. The third kappa shape index (κ3) is 1.75. The summed E-state index contributed by atoms with van der Waals surface area (Å²) in [6, 6.07) is 0. The van der Waals surface area contributed by atoms with Gasteiger partial charge in [0.25, 0.3) is 0 Å². The lowest BCUT2D eigenvalue weighted by molar-refractivity contribution is -0.392. The first-order valence-corrected chi connectivity index (χ1v) is 5.41. The average molecular weight is 231 g/mol. The van der Waals surface area contributed by atoms with E-state index in [9.17, 15) is 18.5 Å². The molecule has 0 aliphatic rings. The molecular formula is C7H9N3O4S. The van der Waals surface area contributed by atoms with Gasteiger partial charge in [-0.25, -0.2) is 8.42 Å². The summed E-state index contributed by atoms with van der Waals surface area (Å²) in [4.78, 5) is 13.3. The van der Waals surface area contributed by atoms with Crippen LogP contribution in [0.25, 0.3) is 0 Å². The van der Waals surface area contributed by atoms with Gasteiger partial charge in [-0.2, -0.15) is 0 Å². The predicted molar refractivity (Wildman–Crippen MR) is 52.0 cm³/mol. The summed E-state index contributed by atoms with van der Waals surface area (Å²) < 4.78 is 24.1. The Morgan fingerprint density at radius 3 is 2.53 bits per heavy atom. The highest BCUT2D eigenvalue weighted by molar-refractivity contribution is 7.94. The van der Waals surface area contributed by atoms with Crippen LogP contribution in [0.2, 0.25) is 0 Å². The van der Waals surface area contributed by atoms with Gasteiger partial charge in [0.2, 0.25) is 20.7 Å². The molecule has 0 unspecified atom stereocenters. The summed E-state index contributed by atoms with van der Waals surface area (Å²) in [5.74, 6) is -0.419. The highest BCUT2D eigenvalue weighted by atomic mass is 32.2. The Bertz CT molecular complexity index is 529. The van der Waals surface area contributed by atoms with Crippen LogP contribution in [0.3, 0.4) is 0 Å². The summed E-state index contributed by atoms with van der Waals surface area (Å²) in [6.45, 7) is 4.59. The maximum absolute atomic E-state index is 11.5. The number of aromatic nitrogens is 2. The van der Waals surface area contributed by atoms with Crippen LogP contribution in [0, 0.1) is 17.0 Å². The number of aryl methyl sites for hydroxylation is 1. The van der Waals surface area contributed by atoms with Gasteiger partial charge in [0, 0.05) is 19.4 Å². The van der Waals surface area contributed by atoms with Crippen LogP contribution in [0.1, 0.15) is 5.82 Å². The van der Waals surface area contributed by atoms with Gasteiger partial charge in [0.15, 0.2) is 0 Å². The van der Waals surface area contributed by atoms with E-state index in [1.807, 2.05) is 0 Å². The molecule has 0 saturated carbocycles. The molecule has 0 saturated heterocycles. The van der Waals surface area contributed by atoms with Crippen molar-refractivity contribution in [1.82, 2.24) is 9.55 Å². The molecule has 0 aromatic carbocycles. The minimum absolute atomic E-state index is 0.252. The molecule has 0 aliphatic carbocycles. The van der Waals surface area contributed by atoms with E-state index in [1.54, 1.807) is 0 Å². The molecule has 1 rings (SSSR count). The third-order valence-electron chi connectivity index (χ3n) is 1.91. The van der Waals surface area contributed by atoms with Crippen LogP contribution in [0.15, 0.2) is 17.0 Å². The summed E-state index contributed by atoms with van der Waals surface area (Å²) in [6.07, 6.45) is 0. The van der Waals surface area contributed by atoms with E-state index in [1.165, 1.54) is 14.0 Å². The first kappa shape index (κ1) is 11.4. The van der Waals surface area contributed by atoms with Gasteiger partial charge in [0.05, 0.1) is 0 Å². The molecule has 15 heavy (non-hydrogen) atoms. The molecule has 0 amide bonds. The minimum atomic E-state index is -3.86. The number of hydrogen-bond donors (Lipinski definition) is 0. The molecule has 7 nitrogen and oxygen atoms in total. The fourth-order valence-electron chi connectivity index (χ4n) is 1.09. The standard InChI is InChI=1S/C7H9N3O4S/c1-4-15(13,14)7-6(10(11)12)8-5(2)9(7)3/h4H,1H2,2-3H3. The van der Waals surface area contributed by atoms with Gasteiger partial charge >= 0.3 is 5.82 Å². The maximum Gasteiger partial charge on any atom is 0.401 e. The van der Waals surface area contributed by atoms with Gasteiger partial charge in [-0.3, -0.25) is 4.57 Å². The van der Waals surface area contributed by atoms with E-state index in [2.05, 4.69) is 11.6 Å². The number of sulfone groups is 1. The maximum atomic E-state index is 11.5. The van der Waals surface area contributed by atoms with Gasteiger partial charge in [0.1, 0.15) is 0 Å². The minimum Gasteiger partial charge on any atom is -0.358 e. The van der Waals surface area contributed by atoms with Crippen LogP contribution in [-0.4, -0.2) is 22.9 Å². The Balaban J connectivity index is 3.67. The first-order chi connectivity index (χ1) is 6.81. The van der Waals surface area contributed by atoms with E-state index < -0.39 is 25.6 Å². The molecule has 1 aromatic rings. The van der Waals surface area contributed by atoms with Crippen molar-refractivity contribution in [3.63, 3.8) is 0 Å². The Hall–Kier alpha value is -1.70. The van der Waals surface area contributed by atoms with Crippen molar-refractivity contribution in [1.29, 1.82) is 0 Å². The largest absolute Gasteiger partial charge is 0.401 e. The second-order valence-corrected chi connectivity index (χ2v) is 4.63. The number of nitrogens with zero attached hydrogens (tertiary/aromatic N) is 3. The van der Waals surface area contributed by atoms with Crippen molar-refractivity contribution in [3.8, 4) is 0 Å². The van der Waals surface area contributed by atoms with Gasteiger partial charge in [-0.1, -0.05) is 6.58 Å².